The van der Waals surface area contributed by atoms with Crippen LogP contribution in [0.25, 0.3) is 0 Å². The zero-order valence-electron chi connectivity index (χ0n) is 17.1. The van der Waals surface area contributed by atoms with Gasteiger partial charge < -0.3 is 15.1 Å². The molecule has 29 heavy (non-hydrogen) atoms. The molecule has 162 valence electrons. The number of carbonyl (C=O) groups is 2. The van der Waals surface area contributed by atoms with Crippen molar-refractivity contribution in [2.75, 3.05) is 58.9 Å². The molecule has 9 heteroatoms. The van der Waals surface area contributed by atoms with Crippen LogP contribution in [0.2, 0.25) is 0 Å². The van der Waals surface area contributed by atoms with Gasteiger partial charge in [0.25, 0.3) is 5.91 Å². The zero-order chi connectivity index (χ0) is 19.3. The van der Waals surface area contributed by atoms with Gasteiger partial charge in [-0.05, 0) is 44.7 Å². The molecule has 3 saturated heterocycles. The first-order valence-corrected chi connectivity index (χ1v) is 10.8. The Hall–Kier alpha value is -1.64. The van der Waals surface area contributed by atoms with Crippen molar-refractivity contribution in [1.82, 2.24) is 29.8 Å². The highest BCUT2D eigenvalue weighted by Crippen LogP contribution is 2.17. The summed E-state index contributed by atoms with van der Waals surface area (Å²) < 4.78 is 1.94. The molecule has 1 aromatic heterocycles. The maximum Gasteiger partial charge on any atom is 0.274 e. The molecule has 8 nitrogen and oxygen atoms in total. The number of carbonyl (C=O) groups excluding carboxylic acids is 2. The second kappa shape index (κ2) is 10.4. The summed E-state index contributed by atoms with van der Waals surface area (Å²) in [7, 11) is 0. The van der Waals surface area contributed by atoms with Crippen LogP contribution in [-0.4, -0.2) is 95.2 Å². The lowest BCUT2D eigenvalue weighted by atomic mass is 10.1. The Labute approximate surface area is 179 Å². The fraction of sp³-hybridized carbons (Fsp3) is 0.750. The molecule has 1 atom stereocenters. The average Bonchev–Trinajstić information content (AvgIpc) is 3.25. The molecule has 1 N–H and O–H groups in total. The second-order valence-electron chi connectivity index (χ2n) is 8.19. The maximum atomic E-state index is 12.8. The van der Waals surface area contributed by atoms with Crippen LogP contribution in [0, 0.1) is 0 Å². The van der Waals surface area contributed by atoms with Gasteiger partial charge in [0, 0.05) is 52.0 Å². The minimum atomic E-state index is 0. The number of amides is 2. The van der Waals surface area contributed by atoms with E-state index in [1.807, 2.05) is 26.7 Å². The van der Waals surface area contributed by atoms with Gasteiger partial charge in [-0.25, -0.2) is 0 Å². The number of nitrogens with one attached hydrogen (secondary N) is 1. The summed E-state index contributed by atoms with van der Waals surface area (Å²) in [5.41, 5.74) is 0.531. The number of piperazine rings is 1. The number of halogens is 1. The Kier molecular flexibility index (Phi) is 7.91. The topological polar surface area (TPSA) is 73.7 Å². The first-order chi connectivity index (χ1) is 13.7. The standard InChI is InChI=1S/C20H32N6O2.ClH/c27-19(24-8-2-1-3-9-24)16-23-11-13-25(14-12-23)20(28)18-6-10-26(22-18)17-5-4-7-21-15-17;/h6,10,17,21H,1-5,7-9,11-16H2;1H. The molecule has 2 amide bonds. The Balaban J connectivity index is 0.00000240. The Morgan fingerprint density at radius 3 is 2.45 bits per heavy atom. The van der Waals surface area contributed by atoms with Gasteiger partial charge in [0.2, 0.25) is 5.91 Å². The highest BCUT2D eigenvalue weighted by atomic mass is 35.5. The molecule has 0 aliphatic carbocycles. The largest absolute Gasteiger partial charge is 0.342 e. The first-order valence-electron chi connectivity index (χ1n) is 10.8. The molecule has 0 spiro atoms. The molecule has 3 fully saturated rings. The summed E-state index contributed by atoms with van der Waals surface area (Å²) in [6.45, 7) is 7.07. The molecule has 0 aromatic carbocycles. The predicted molar refractivity (Wildman–Crippen MR) is 113 cm³/mol. The van der Waals surface area contributed by atoms with E-state index < -0.39 is 0 Å². The molecule has 1 unspecified atom stereocenters. The van der Waals surface area contributed by atoms with Crippen molar-refractivity contribution >= 4 is 24.2 Å². The molecule has 4 rings (SSSR count). The molecule has 0 radical (unpaired) electrons. The van der Waals surface area contributed by atoms with E-state index in [0.29, 0.717) is 31.4 Å². The van der Waals surface area contributed by atoms with Gasteiger partial charge in [-0.15, -0.1) is 12.4 Å². The third-order valence-corrected chi connectivity index (χ3v) is 6.20. The van der Waals surface area contributed by atoms with Crippen molar-refractivity contribution in [1.29, 1.82) is 0 Å². The molecule has 1 aromatic rings. The minimum Gasteiger partial charge on any atom is -0.342 e. The fourth-order valence-corrected chi connectivity index (χ4v) is 4.42. The van der Waals surface area contributed by atoms with E-state index in [1.54, 1.807) is 0 Å². The van der Waals surface area contributed by atoms with Gasteiger partial charge in [-0.2, -0.15) is 5.10 Å². The molecule has 3 aliphatic rings. The summed E-state index contributed by atoms with van der Waals surface area (Å²) in [5.74, 6) is 0.240. The monoisotopic (exact) mass is 424 g/mol. The summed E-state index contributed by atoms with van der Waals surface area (Å²) in [5, 5.41) is 7.94. The van der Waals surface area contributed by atoms with Crippen molar-refractivity contribution in [2.45, 2.75) is 38.1 Å². The molecule has 0 saturated carbocycles. The number of likely N-dealkylation sites (tertiary alicyclic amines) is 1. The van der Waals surface area contributed by atoms with Crippen LogP contribution in [0.5, 0.6) is 0 Å². The third-order valence-electron chi connectivity index (χ3n) is 6.20. The quantitative estimate of drug-likeness (QED) is 0.780. The van der Waals surface area contributed by atoms with E-state index in [-0.39, 0.29) is 24.2 Å². The van der Waals surface area contributed by atoms with Gasteiger partial charge in [-0.3, -0.25) is 19.2 Å². The van der Waals surface area contributed by atoms with Crippen LogP contribution in [-0.2, 0) is 4.79 Å². The van der Waals surface area contributed by atoms with E-state index in [4.69, 9.17) is 0 Å². The molecule has 0 bridgehead atoms. The number of aromatic nitrogens is 2. The van der Waals surface area contributed by atoms with Gasteiger partial charge in [0.15, 0.2) is 0 Å². The SMILES string of the molecule is Cl.O=C(CN1CCN(C(=O)c2ccn(C3CCCNC3)n2)CC1)N1CCCCC1. The van der Waals surface area contributed by atoms with Crippen LogP contribution >= 0.6 is 12.4 Å². The Bertz CT molecular complexity index is 676. The normalized spacial score (nSPS) is 23.5. The van der Waals surface area contributed by atoms with Crippen molar-refractivity contribution < 1.29 is 9.59 Å². The summed E-state index contributed by atoms with van der Waals surface area (Å²) in [4.78, 5) is 31.3. The highest BCUT2D eigenvalue weighted by molar-refractivity contribution is 5.92. The van der Waals surface area contributed by atoms with Crippen LogP contribution in [0.15, 0.2) is 12.3 Å². The maximum absolute atomic E-state index is 12.8. The highest BCUT2D eigenvalue weighted by Gasteiger charge is 2.27. The number of nitrogens with zero attached hydrogens (tertiary/aromatic N) is 5. The lowest BCUT2D eigenvalue weighted by Crippen LogP contribution is -2.52. The van der Waals surface area contributed by atoms with E-state index >= 15 is 0 Å². The molecule has 3 aliphatic heterocycles. The summed E-state index contributed by atoms with van der Waals surface area (Å²) in [6.07, 6.45) is 7.66. The molecule has 4 heterocycles. The van der Waals surface area contributed by atoms with Crippen LogP contribution in [0.1, 0.15) is 48.6 Å². The van der Waals surface area contributed by atoms with Crippen molar-refractivity contribution in [2.24, 2.45) is 0 Å². The van der Waals surface area contributed by atoms with Crippen LogP contribution in [0.3, 0.4) is 0 Å². The number of piperidine rings is 2. The number of hydrogen-bond acceptors (Lipinski definition) is 5. The lowest BCUT2D eigenvalue weighted by Gasteiger charge is -2.35. The van der Waals surface area contributed by atoms with Crippen molar-refractivity contribution in [3.63, 3.8) is 0 Å². The second-order valence-corrected chi connectivity index (χ2v) is 8.19. The van der Waals surface area contributed by atoms with Gasteiger partial charge >= 0.3 is 0 Å². The first kappa shape index (κ1) is 22.1. The van der Waals surface area contributed by atoms with Crippen LogP contribution < -0.4 is 5.32 Å². The molecular formula is C20H33ClN6O2. The minimum absolute atomic E-state index is 0. The molecular weight excluding hydrogens is 392 g/mol. The third kappa shape index (κ3) is 5.49. The Morgan fingerprint density at radius 2 is 1.76 bits per heavy atom. The summed E-state index contributed by atoms with van der Waals surface area (Å²) >= 11 is 0. The van der Waals surface area contributed by atoms with E-state index in [2.05, 4.69) is 15.3 Å². The lowest BCUT2D eigenvalue weighted by molar-refractivity contribution is -0.133. The van der Waals surface area contributed by atoms with Crippen molar-refractivity contribution in [3.8, 4) is 0 Å². The number of hydrogen-bond donors (Lipinski definition) is 1. The van der Waals surface area contributed by atoms with E-state index in [9.17, 15) is 9.59 Å². The summed E-state index contributed by atoms with van der Waals surface area (Å²) in [6, 6.07) is 2.18. The van der Waals surface area contributed by atoms with Crippen molar-refractivity contribution in [3.05, 3.63) is 18.0 Å². The average molecular weight is 425 g/mol. The van der Waals surface area contributed by atoms with Gasteiger partial charge in [-0.1, -0.05) is 0 Å². The van der Waals surface area contributed by atoms with Crippen LogP contribution in [0.4, 0.5) is 0 Å². The van der Waals surface area contributed by atoms with E-state index in [1.165, 1.54) is 6.42 Å². The van der Waals surface area contributed by atoms with Gasteiger partial charge in [0.05, 0.1) is 12.6 Å². The predicted octanol–water partition coefficient (Wildman–Crippen LogP) is 1.000. The Morgan fingerprint density at radius 1 is 1.00 bits per heavy atom. The zero-order valence-corrected chi connectivity index (χ0v) is 17.9. The van der Waals surface area contributed by atoms with Gasteiger partial charge in [0.1, 0.15) is 5.69 Å². The fourth-order valence-electron chi connectivity index (χ4n) is 4.42. The van der Waals surface area contributed by atoms with E-state index in [0.717, 1.165) is 65.0 Å². The number of rotatable bonds is 4. The smallest absolute Gasteiger partial charge is 0.274 e.